The highest BCUT2D eigenvalue weighted by Gasteiger charge is 2.30. The van der Waals surface area contributed by atoms with E-state index < -0.39 is 32.2 Å². The van der Waals surface area contributed by atoms with Crippen molar-refractivity contribution in [2.45, 2.75) is 37.1 Å². The van der Waals surface area contributed by atoms with Crippen molar-refractivity contribution >= 4 is 39.2 Å². The third-order valence-electron chi connectivity index (χ3n) is 2.61. The molecule has 21 heavy (non-hydrogen) atoms. The van der Waals surface area contributed by atoms with Gasteiger partial charge in [-0.1, -0.05) is 23.2 Å². The van der Waals surface area contributed by atoms with E-state index in [1.807, 2.05) is 0 Å². The minimum Gasteiger partial charge on any atom is -0.481 e. The lowest BCUT2D eigenvalue weighted by Crippen LogP contribution is -2.43. The molecule has 5 nitrogen and oxygen atoms in total. The monoisotopic (exact) mass is 357 g/mol. The van der Waals surface area contributed by atoms with Gasteiger partial charge in [-0.15, -0.1) is 0 Å². The standard InChI is InChI=1S/C12H14Cl2FNO4S/c1-12(2,4-3-10(17)18)16-21(19,20)11-8(13)5-7(15)6-9(11)14/h5-6,16H,3-4H2,1-2H3,(H,17,18). The van der Waals surface area contributed by atoms with Crippen LogP contribution in [0.3, 0.4) is 0 Å². The van der Waals surface area contributed by atoms with Gasteiger partial charge in [0.25, 0.3) is 0 Å². The third-order valence-corrected chi connectivity index (χ3v) is 5.23. The molecule has 0 heterocycles. The van der Waals surface area contributed by atoms with Gasteiger partial charge in [-0.25, -0.2) is 17.5 Å². The van der Waals surface area contributed by atoms with Crippen LogP contribution in [0.5, 0.6) is 0 Å². The lowest BCUT2D eigenvalue weighted by molar-refractivity contribution is -0.137. The summed E-state index contributed by atoms with van der Waals surface area (Å²) in [6.07, 6.45) is -0.140. The Bertz CT molecular complexity index is 638. The van der Waals surface area contributed by atoms with E-state index in [0.717, 1.165) is 12.1 Å². The lowest BCUT2D eigenvalue weighted by Gasteiger charge is -2.25. The quantitative estimate of drug-likeness (QED) is 0.819. The van der Waals surface area contributed by atoms with Gasteiger partial charge in [-0.3, -0.25) is 4.79 Å². The van der Waals surface area contributed by atoms with Crippen molar-refractivity contribution in [1.29, 1.82) is 0 Å². The van der Waals surface area contributed by atoms with Crippen LogP contribution in [-0.4, -0.2) is 25.0 Å². The number of hydrogen-bond donors (Lipinski definition) is 2. The second-order valence-corrected chi connectivity index (χ2v) is 7.52. The highest BCUT2D eigenvalue weighted by Crippen LogP contribution is 2.31. The molecule has 0 unspecified atom stereocenters. The first-order chi connectivity index (χ1) is 9.44. The Morgan fingerprint density at radius 3 is 2.24 bits per heavy atom. The predicted molar refractivity (Wildman–Crippen MR) is 77.7 cm³/mol. The molecule has 118 valence electrons. The summed E-state index contributed by atoms with van der Waals surface area (Å²) in [6, 6.07) is 1.68. The van der Waals surface area contributed by atoms with E-state index in [2.05, 4.69) is 4.72 Å². The molecule has 0 saturated carbocycles. The molecule has 9 heteroatoms. The number of nitrogens with one attached hydrogen (secondary N) is 1. The molecular weight excluding hydrogens is 344 g/mol. The van der Waals surface area contributed by atoms with Crippen molar-refractivity contribution in [2.24, 2.45) is 0 Å². The first-order valence-corrected chi connectivity index (χ1v) is 8.09. The van der Waals surface area contributed by atoms with Crippen LogP contribution >= 0.6 is 23.2 Å². The Balaban J connectivity index is 3.10. The summed E-state index contributed by atoms with van der Waals surface area (Å²) in [4.78, 5) is 10.1. The van der Waals surface area contributed by atoms with Crippen LogP contribution in [0.1, 0.15) is 26.7 Å². The molecule has 1 aromatic rings. The SMILES string of the molecule is CC(C)(CCC(=O)O)NS(=O)(=O)c1c(Cl)cc(F)cc1Cl. The maximum absolute atomic E-state index is 13.1. The van der Waals surface area contributed by atoms with Crippen LogP contribution in [-0.2, 0) is 14.8 Å². The molecule has 0 radical (unpaired) electrons. The summed E-state index contributed by atoms with van der Waals surface area (Å²) < 4.78 is 40.0. The van der Waals surface area contributed by atoms with E-state index in [1.54, 1.807) is 0 Å². The van der Waals surface area contributed by atoms with Crippen LogP contribution < -0.4 is 4.72 Å². The van der Waals surface area contributed by atoms with Crippen molar-refractivity contribution < 1.29 is 22.7 Å². The lowest BCUT2D eigenvalue weighted by atomic mass is 10.0. The topological polar surface area (TPSA) is 83.5 Å². The van der Waals surface area contributed by atoms with E-state index >= 15 is 0 Å². The number of rotatable bonds is 6. The molecule has 0 spiro atoms. The second kappa shape index (κ2) is 6.48. The summed E-state index contributed by atoms with van der Waals surface area (Å²) in [5.41, 5.74) is -1.03. The van der Waals surface area contributed by atoms with E-state index in [0.29, 0.717) is 0 Å². The van der Waals surface area contributed by atoms with E-state index in [1.165, 1.54) is 13.8 Å². The van der Waals surface area contributed by atoms with Gasteiger partial charge in [-0.2, -0.15) is 0 Å². The highest BCUT2D eigenvalue weighted by molar-refractivity contribution is 7.89. The zero-order chi connectivity index (χ0) is 16.4. The summed E-state index contributed by atoms with van der Waals surface area (Å²) in [6.45, 7) is 3.05. The molecule has 2 N–H and O–H groups in total. The fraction of sp³-hybridized carbons (Fsp3) is 0.417. The van der Waals surface area contributed by atoms with Crippen molar-refractivity contribution in [3.05, 3.63) is 28.0 Å². The molecule has 0 aromatic heterocycles. The number of benzene rings is 1. The summed E-state index contributed by atoms with van der Waals surface area (Å²) in [7, 11) is -4.12. The van der Waals surface area contributed by atoms with Crippen LogP contribution in [0, 0.1) is 5.82 Å². The molecule has 0 saturated heterocycles. The predicted octanol–water partition coefficient (Wildman–Crippen LogP) is 3.05. The van der Waals surface area contributed by atoms with Crippen LogP contribution in [0.25, 0.3) is 0 Å². The Morgan fingerprint density at radius 1 is 1.33 bits per heavy atom. The summed E-state index contributed by atoms with van der Waals surface area (Å²) >= 11 is 11.5. The molecule has 0 bridgehead atoms. The second-order valence-electron chi connectivity index (χ2n) is 5.08. The molecule has 0 atom stereocenters. The van der Waals surface area contributed by atoms with E-state index in [-0.39, 0.29) is 22.9 Å². The van der Waals surface area contributed by atoms with Crippen LogP contribution in [0.4, 0.5) is 4.39 Å². The zero-order valence-corrected chi connectivity index (χ0v) is 13.6. The fourth-order valence-electron chi connectivity index (χ4n) is 1.67. The largest absolute Gasteiger partial charge is 0.481 e. The molecule has 0 amide bonds. The molecule has 1 rings (SSSR count). The first kappa shape index (κ1) is 18.2. The maximum Gasteiger partial charge on any atom is 0.303 e. The average molecular weight is 358 g/mol. The van der Waals surface area contributed by atoms with Gasteiger partial charge in [0.05, 0.1) is 10.0 Å². The molecular formula is C12H14Cl2FNO4S. The normalized spacial score (nSPS) is 12.4. The van der Waals surface area contributed by atoms with Gasteiger partial charge < -0.3 is 5.11 Å². The van der Waals surface area contributed by atoms with Gasteiger partial charge in [0.2, 0.25) is 10.0 Å². The van der Waals surface area contributed by atoms with E-state index in [4.69, 9.17) is 28.3 Å². The molecule has 0 aliphatic carbocycles. The third kappa shape index (κ3) is 5.10. The Morgan fingerprint density at radius 2 is 1.81 bits per heavy atom. The Labute approximate surface area is 132 Å². The Hall–Kier alpha value is -0.890. The number of carboxylic acid groups (broad SMARTS) is 1. The number of halogens is 3. The van der Waals surface area contributed by atoms with Crippen molar-refractivity contribution in [2.75, 3.05) is 0 Å². The molecule has 0 aliphatic rings. The molecule has 0 fully saturated rings. The number of sulfonamides is 1. The van der Waals surface area contributed by atoms with E-state index in [9.17, 15) is 17.6 Å². The Kier molecular flexibility index (Phi) is 5.60. The van der Waals surface area contributed by atoms with Gasteiger partial charge >= 0.3 is 5.97 Å². The minimum atomic E-state index is -4.12. The first-order valence-electron chi connectivity index (χ1n) is 5.85. The van der Waals surface area contributed by atoms with Gasteiger partial charge in [0, 0.05) is 12.0 Å². The van der Waals surface area contributed by atoms with Gasteiger partial charge in [-0.05, 0) is 32.4 Å². The van der Waals surface area contributed by atoms with Crippen molar-refractivity contribution in [1.82, 2.24) is 4.72 Å². The number of carbonyl (C=O) groups is 1. The van der Waals surface area contributed by atoms with Crippen molar-refractivity contribution in [3.8, 4) is 0 Å². The number of aliphatic carboxylic acids is 1. The highest BCUT2D eigenvalue weighted by atomic mass is 35.5. The smallest absolute Gasteiger partial charge is 0.303 e. The van der Waals surface area contributed by atoms with Crippen LogP contribution in [0.15, 0.2) is 17.0 Å². The average Bonchev–Trinajstić information content (AvgIpc) is 2.22. The van der Waals surface area contributed by atoms with Crippen LogP contribution in [0.2, 0.25) is 10.0 Å². The number of carboxylic acids is 1. The summed E-state index contributed by atoms with van der Waals surface area (Å²) in [5.74, 6) is -1.80. The molecule has 0 aliphatic heterocycles. The minimum absolute atomic E-state index is 0.0675. The van der Waals surface area contributed by atoms with Gasteiger partial charge in [0.1, 0.15) is 10.7 Å². The van der Waals surface area contributed by atoms with Crippen molar-refractivity contribution in [3.63, 3.8) is 0 Å². The number of hydrogen-bond acceptors (Lipinski definition) is 3. The summed E-state index contributed by atoms with van der Waals surface area (Å²) in [5, 5.41) is 7.96. The zero-order valence-electron chi connectivity index (χ0n) is 11.3. The maximum atomic E-state index is 13.1. The molecule has 1 aromatic carbocycles. The fourth-order valence-corrected chi connectivity index (χ4v) is 4.30. The van der Waals surface area contributed by atoms with Gasteiger partial charge in [0.15, 0.2) is 0 Å².